The third-order valence-electron chi connectivity index (χ3n) is 3.17. The second kappa shape index (κ2) is 6.81. The van der Waals surface area contributed by atoms with E-state index in [0.29, 0.717) is 10.0 Å². The van der Waals surface area contributed by atoms with Gasteiger partial charge in [-0.1, -0.05) is 47.5 Å². The molecule has 0 fully saturated rings. The molecule has 0 amide bonds. The molecule has 102 valence electrons. The van der Waals surface area contributed by atoms with E-state index in [2.05, 4.69) is 5.92 Å². The zero-order valence-electron chi connectivity index (χ0n) is 10.8. The molecule has 0 saturated carbocycles. The van der Waals surface area contributed by atoms with E-state index < -0.39 is 6.10 Å². The minimum Gasteiger partial charge on any atom is -0.391 e. The first-order valence-corrected chi connectivity index (χ1v) is 7.00. The highest BCUT2D eigenvalue weighted by atomic mass is 35.5. The molecule has 0 saturated heterocycles. The Morgan fingerprint density at radius 1 is 0.900 bits per heavy atom. The number of halogens is 2. The van der Waals surface area contributed by atoms with Crippen LogP contribution < -0.4 is 0 Å². The van der Waals surface area contributed by atoms with E-state index in [1.54, 1.807) is 0 Å². The Bertz CT molecular complexity index is 551. The lowest BCUT2D eigenvalue weighted by Crippen LogP contribution is -2.19. The van der Waals surface area contributed by atoms with Crippen molar-refractivity contribution in [3.63, 3.8) is 0 Å². The molecule has 1 unspecified atom stereocenters. The molecule has 0 bridgehead atoms. The van der Waals surface area contributed by atoms with Gasteiger partial charge in [-0.15, -0.1) is 12.3 Å². The molecule has 2 rings (SSSR count). The molecule has 2 aromatic rings. The van der Waals surface area contributed by atoms with Crippen LogP contribution in [0.4, 0.5) is 0 Å². The molecule has 0 aliphatic rings. The summed E-state index contributed by atoms with van der Waals surface area (Å²) in [6.45, 7) is 0. The molecule has 1 N–H and O–H groups in total. The van der Waals surface area contributed by atoms with Crippen LogP contribution in [-0.2, 0) is 0 Å². The van der Waals surface area contributed by atoms with E-state index in [0.717, 1.165) is 11.1 Å². The van der Waals surface area contributed by atoms with Crippen LogP contribution in [0.2, 0.25) is 10.0 Å². The highest BCUT2D eigenvalue weighted by molar-refractivity contribution is 6.30. The summed E-state index contributed by atoms with van der Waals surface area (Å²) in [5, 5.41) is 11.7. The lowest BCUT2D eigenvalue weighted by molar-refractivity contribution is 0.162. The van der Waals surface area contributed by atoms with Gasteiger partial charge >= 0.3 is 0 Å². The summed E-state index contributed by atoms with van der Waals surface area (Å²) < 4.78 is 0. The summed E-state index contributed by atoms with van der Waals surface area (Å²) in [5.74, 6) is 2.31. The smallest absolute Gasteiger partial charge is 0.0758 e. The van der Waals surface area contributed by atoms with Gasteiger partial charge in [-0.25, -0.2) is 0 Å². The molecule has 0 heterocycles. The lowest BCUT2D eigenvalue weighted by Gasteiger charge is -2.23. The number of benzene rings is 2. The Morgan fingerprint density at radius 2 is 1.30 bits per heavy atom. The second-order valence-corrected chi connectivity index (χ2v) is 5.43. The van der Waals surface area contributed by atoms with Crippen LogP contribution in [0.5, 0.6) is 0 Å². The van der Waals surface area contributed by atoms with Gasteiger partial charge in [-0.2, -0.15) is 0 Å². The number of hydrogen-bond donors (Lipinski definition) is 1. The van der Waals surface area contributed by atoms with E-state index in [1.807, 2.05) is 48.5 Å². The predicted molar refractivity (Wildman–Crippen MR) is 84.2 cm³/mol. The normalized spacial score (nSPS) is 12.2. The molecule has 1 nitrogen and oxygen atoms in total. The summed E-state index contributed by atoms with van der Waals surface area (Å²) in [7, 11) is 0. The molecule has 20 heavy (non-hydrogen) atoms. The van der Waals surface area contributed by atoms with Gasteiger partial charge in [-0.05, 0) is 35.4 Å². The van der Waals surface area contributed by atoms with Crippen LogP contribution in [0.3, 0.4) is 0 Å². The standard InChI is InChI=1S/C17H14Cl2O/c1-2-3-16(20)17(12-4-8-14(18)9-5-12)13-6-10-15(19)11-7-13/h1,4-11,16-17,20H,3H2. The minimum absolute atomic E-state index is 0.194. The van der Waals surface area contributed by atoms with Crippen LogP contribution in [0, 0.1) is 12.3 Å². The van der Waals surface area contributed by atoms with Crippen molar-refractivity contribution >= 4 is 23.2 Å². The number of rotatable bonds is 4. The molecule has 1 atom stereocenters. The van der Waals surface area contributed by atoms with Gasteiger partial charge in [0.1, 0.15) is 0 Å². The molecule has 0 spiro atoms. The van der Waals surface area contributed by atoms with Crippen molar-refractivity contribution < 1.29 is 5.11 Å². The summed E-state index contributed by atoms with van der Waals surface area (Å²) in [6, 6.07) is 14.8. The molecule has 2 aromatic carbocycles. The fourth-order valence-corrected chi connectivity index (χ4v) is 2.47. The van der Waals surface area contributed by atoms with Crippen molar-refractivity contribution in [2.75, 3.05) is 0 Å². The van der Waals surface area contributed by atoms with E-state index in [1.165, 1.54) is 0 Å². The van der Waals surface area contributed by atoms with Crippen LogP contribution >= 0.6 is 23.2 Å². The Labute approximate surface area is 129 Å². The maximum absolute atomic E-state index is 10.3. The Hall–Kier alpha value is -1.46. The first kappa shape index (κ1) is 14.9. The second-order valence-electron chi connectivity index (χ2n) is 4.56. The molecule has 3 heteroatoms. The molecule has 0 aliphatic heterocycles. The molecular weight excluding hydrogens is 291 g/mol. The lowest BCUT2D eigenvalue weighted by atomic mass is 9.85. The summed E-state index contributed by atoms with van der Waals surface area (Å²) in [5.41, 5.74) is 1.94. The quantitative estimate of drug-likeness (QED) is 0.824. The van der Waals surface area contributed by atoms with Crippen LogP contribution in [0.25, 0.3) is 0 Å². The third kappa shape index (κ3) is 3.55. The highest BCUT2D eigenvalue weighted by Gasteiger charge is 2.22. The monoisotopic (exact) mass is 304 g/mol. The number of terminal acetylenes is 1. The van der Waals surface area contributed by atoms with Gasteiger partial charge in [0.25, 0.3) is 0 Å². The molecule has 0 radical (unpaired) electrons. The molecular formula is C17H14Cl2O. The summed E-state index contributed by atoms with van der Waals surface area (Å²) in [6.07, 6.45) is 4.96. The first-order chi connectivity index (χ1) is 9.61. The van der Waals surface area contributed by atoms with Crippen LogP contribution in [0.1, 0.15) is 23.5 Å². The third-order valence-corrected chi connectivity index (χ3v) is 3.67. The van der Waals surface area contributed by atoms with Gasteiger partial charge in [0, 0.05) is 22.4 Å². The number of aliphatic hydroxyl groups excluding tert-OH is 1. The number of aliphatic hydroxyl groups is 1. The Balaban J connectivity index is 2.41. The Kier molecular flexibility index (Phi) is 5.09. The summed E-state index contributed by atoms with van der Waals surface area (Å²) in [4.78, 5) is 0. The zero-order valence-corrected chi connectivity index (χ0v) is 12.3. The van der Waals surface area contributed by atoms with E-state index in [9.17, 15) is 5.11 Å². The fourth-order valence-electron chi connectivity index (χ4n) is 2.22. The first-order valence-electron chi connectivity index (χ1n) is 6.24. The van der Waals surface area contributed by atoms with Crippen molar-refractivity contribution in [2.45, 2.75) is 18.4 Å². The largest absolute Gasteiger partial charge is 0.391 e. The average Bonchev–Trinajstić information content (AvgIpc) is 2.44. The van der Waals surface area contributed by atoms with Gasteiger partial charge in [0.2, 0.25) is 0 Å². The Morgan fingerprint density at radius 3 is 1.65 bits per heavy atom. The molecule has 0 aromatic heterocycles. The molecule has 0 aliphatic carbocycles. The van der Waals surface area contributed by atoms with Gasteiger partial charge in [0.05, 0.1) is 6.10 Å². The maximum atomic E-state index is 10.3. The van der Waals surface area contributed by atoms with E-state index in [-0.39, 0.29) is 12.3 Å². The predicted octanol–water partition coefficient (Wildman–Crippen LogP) is 4.51. The van der Waals surface area contributed by atoms with Gasteiger partial charge in [0.15, 0.2) is 0 Å². The van der Waals surface area contributed by atoms with Crippen molar-refractivity contribution in [3.05, 3.63) is 69.7 Å². The van der Waals surface area contributed by atoms with Crippen molar-refractivity contribution in [3.8, 4) is 12.3 Å². The van der Waals surface area contributed by atoms with Crippen LogP contribution in [-0.4, -0.2) is 11.2 Å². The number of hydrogen-bond acceptors (Lipinski definition) is 1. The van der Waals surface area contributed by atoms with Crippen LogP contribution in [0.15, 0.2) is 48.5 Å². The van der Waals surface area contributed by atoms with Gasteiger partial charge < -0.3 is 5.11 Å². The topological polar surface area (TPSA) is 20.2 Å². The average molecular weight is 305 g/mol. The van der Waals surface area contributed by atoms with E-state index >= 15 is 0 Å². The van der Waals surface area contributed by atoms with Gasteiger partial charge in [-0.3, -0.25) is 0 Å². The van der Waals surface area contributed by atoms with Crippen molar-refractivity contribution in [1.29, 1.82) is 0 Å². The SMILES string of the molecule is C#CCC(O)C(c1ccc(Cl)cc1)c1ccc(Cl)cc1. The van der Waals surface area contributed by atoms with Crippen molar-refractivity contribution in [1.82, 2.24) is 0 Å². The fraction of sp³-hybridized carbons (Fsp3) is 0.176. The minimum atomic E-state index is -0.651. The highest BCUT2D eigenvalue weighted by Crippen LogP contribution is 2.31. The van der Waals surface area contributed by atoms with E-state index in [4.69, 9.17) is 29.6 Å². The maximum Gasteiger partial charge on any atom is 0.0758 e. The summed E-state index contributed by atoms with van der Waals surface area (Å²) >= 11 is 11.8. The van der Waals surface area contributed by atoms with Crippen molar-refractivity contribution in [2.24, 2.45) is 0 Å². The zero-order chi connectivity index (χ0) is 14.5.